The molecule has 6 heteroatoms. The van der Waals surface area contributed by atoms with Crippen LogP contribution in [0.4, 0.5) is 9.93 Å². The zero-order chi connectivity index (χ0) is 20.6. The molecule has 0 unspecified atom stereocenters. The van der Waals surface area contributed by atoms with Crippen molar-refractivity contribution < 1.29 is 4.79 Å². The van der Waals surface area contributed by atoms with Gasteiger partial charge in [0.15, 0.2) is 5.13 Å². The average Bonchev–Trinajstić information content (AvgIpc) is 3.27. The molecule has 2 heterocycles. The smallest absolute Gasteiger partial charge is 0.320 e. The molecule has 0 aliphatic carbocycles. The van der Waals surface area contributed by atoms with Gasteiger partial charge in [0.25, 0.3) is 0 Å². The lowest BCUT2D eigenvalue weighted by molar-refractivity contribution is 0.209. The van der Waals surface area contributed by atoms with E-state index in [9.17, 15) is 4.79 Å². The molecule has 2 aromatic carbocycles. The van der Waals surface area contributed by atoms with Crippen LogP contribution in [-0.2, 0) is 13.0 Å². The van der Waals surface area contributed by atoms with Crippen molar-refractivity contribution >= 4 is 22.5 Å². The Morgan fingerprint density at radius 1 is 0.900 bits per heavy atom. The van der Waals surface area contributed by atoms with E-state index in [4.69, 9.17) is 0 Å². The minimum atomic E-state index is -0.163. The van der Waals surface area contributed by atoms with E-state index in [2.05, 4.69) is 27.4 Å². The van der Waals surface area contributed by atoms with Gasteiger partial charge in [0.1, 0.15) is 0 Å². The Morgan fingerprint density at radius 2 is 1.63 bits per heavy atom. The number of pyridine rings is 1. The molecule has 2 amide bonds. The van der Waals surface area contributed by atoms with Crippen molar-refractivity contribution in [2.45, 2.75) is 13.0 Å². The minimum Gasteiger partial charge on any atom is -0.320 e. The number of hydrogen-bond donors (Lipinski definition) is 1. The number of carbonyl (C=O) groups is 1. The minimum absolute atomic E-state index is 0.163. The molecule has 0 radical (unpaired) electrons. The van der Waals surface area contributed by atoms with Crippen molar-refractivity contribution in [1.82, 2.24) is 14.9 Å². The van der Waals surface area contributed by atoms with Gasteiger partial charge in [-0.3, -0.25) is 10.3 Å². The van der Waals surface area contributed by atoms with Gasteiger partial charge in [-0.2, -0.15) is 0 Å². The fourth-order valence-electron chi connectivity index (χ4n) is 3.11. The molecule has 5 nitrogen and oxygen atoms in total. The maximum Gasteiger partial charge on any atom is 0.323 e. The maximum absolute atomic E-state index is 13.0. The number of benzene rings is 2. The predicted octanol–water partition coefficient (Wildman–Crippen LogP) is 5.48. The van der Waals surface area contributed by atoms with Gasteiger partial charge < -0.3 is 4.90 Å². The molecule has 4 aromatic rings. The zero-order valence-corrected chi connectivity index (χ0v) is 17.3. The third kappa shape index (κ3) is 5.30. The summed E-state index contributed by atoms with van der Waals surface area (Å²) in [5, 5.41) is 3.56. The number of nitrogens with zero attached hydrogens (tertiary/aromatic N) is 3. The first-order valence-electron chi connectivity index (χ1n) is 9.78. The molecule has 4 rings (SSSR count). The standard InChI is InChI=1S/C24H22N4OS/c29-24(27-23-26-17-22(30-23)21-11-5-2-6-12-21)28(18-20-10-7-14-25-16-20)15-13-19-8-3-1-4-9-19/h1-12,14,16-17H,13,15,18H2,(H,26,27,29). The second-order valence-electron chi connectivity index (χ2n) is 6.84. The Hall–Kier alpha value is -3.51. The van der Waals surface area contributed by atoms with Crippen molar-refractivity contribution in [2.24, 2.45) is 0 Å². The highest BCUT2D eigenvalue weighted by atomic mass is 32.1. The summed E-state index contributed by atoms with van der Waals surface area (Å²) < 4.78 is 0. The van der Waals surface area contributed by atoms with E-state index in [-0.39, 0.29) is 6.03 Å². The van der Waals surface area contributed by atoms with Crippen molar-refractivity contribution in [1.29, 1.82) is 0 Å². The number of hydrogen-bond acceptors (Lipinski definition) is 4. The topological polar surface area (TPSA) is 58.1 Å². The normalized spacial score (nSPS) is 10.5. The summed E-state index contributed by atoms with van der Waals surface area (Å²) in [5.74, 6) is 0. The van der Waals surface area contributed by atoms with E-state index in [1.807, 2.05) is 60.7 Å². The Bertz CT molecular complexity index is 1070. The molecule has 2 aromatic heterocycles. The van der Waals surface area contributed by atoms with E-state index in [1.165, 1.54) is 16.9 Å². The molecule has 0 saturated heterocycles. The fourth-order valence-corrected chi connectivity index (χ4v) is 3.92. The Labute approximate surface area is 180 Å². The van der Waals surface area contributed by atoms with Gasteiger partial charge in [0.05, 0.1) is 4.88 Å². The first kappa shape index (κ1) is 19.8. The number of aromatic nitrogens is 2. The van der Waals surface area contributed by atoms with E-state index in [0.29, 0.717) is 18.2 Å². The first-order valence-corrected chi connectivity index (χ1v) is 10.6. The summed E-state index contributed by atoms with van der Waals surface area (Å²) in [6.07, 6.45) is 6.10. The van der Waals surface area contributed by atoms with Crippen molar-refractivity contribution in [3.63, 3.8) is 0 Å². The molecule has 0 fully saturated rings. The lowest BCUT2D eigenvalue weighted by atomic mass is 10.1. The molecule has 0 atom stereocenters. The summed E-state index contributed by atoms with van der Waals surface area (Å²) in [6.45, 7) is 1.09. The molecule has 0 bridgehead atoms. The van der Waals surface area contributed by atoms with E-state index in [0.717, 1.165) is 22.4 Å². The Morgan fingerprint density at radius 3 is 2.37 bits per heavy atom. The SMILES string of the molecule is O=C(Nc1ncc(-c2ccccc2)s1)N(CCc1ccccc1)Cc1cccnc1. The van der Waals surface area contributed by atoms with Crippen LogP contribution in [0.25, 0.3) is 10.4 Å². The lowest BCUT2D eigenvalue weighted by Gasteiger charge is -2.22. The second kappa shape index (κ2) is 9.80. The molecular weight excluding hydrogens is 392 g/mol. The molecule has 1 N–H and O–H groups in total. The average molecular weight is 415 g/mol. The van der Waals surface area contributed by atoms with Gasteiger partial charge in [0, 0.05) is 31.7 Å². The highest BCUT2D eigenvalue weighted by Gasteiger charge is 2.16. The Kier molecular flexibility index (Phi) is 6.47. The van der Waals surface area contributed by atoms with Crippen LogP contribution in [-0.4, -0.2) is 27.4 Å². The molecule has 0 aliphatic rings. The Balaban J connectivity index is 1.46. The van der Waals surface area contributed by atoms with Crippen molar-refractivity contribution in [2.75, 3.05) is 11.9 Å². The number of anilines is 1. The highest BCUT2D eigenvalue weighted by molar-refractivity contribution is 7.19. The third-order valence-electron chi connectivity index (χ3n) is 4.67. The van der Waals surface area contributed by atoms with Gasteiger partial charge in [-0.25, -0.2) is 9.78 Å². The molecule has 0 spiro atoms. The fraction of sp³-hybridized carbons (Fsp3) is 0.125. The van der Waals surface area contributed by atoms with E-state index >= 15 is 0 Å². The van der Waals surface area contributed by atoms with Crippen LogP contribution < -0.4 is 5.32 Å². The number of urea groups is 1. The molecule has 150 valence electrons. The van der Waals surface area contributed by atoms with Crippen molar-refractivity contribution in [3.05, 3.63) is 103 Å². The van der Waals surface area contributed by atoms with Crippen LogP contribution in [0.1, 0.15) is 11.1 Å². The van der Waals surface area contributed by atoms with Crippen LogP contribution in [0.2, 0.25) is 0 Å². The molecule has 0 aliphatic heterocycles. The number of rotatable bonds is 7. The number of carbonyl (C=O) groups excluding carboxylic acids is 1. The number of thiazole rings is 1. The van der Waals surface area contributed by atoms with Crippen LogP contribution in [0.3, 0.4) is 0 Å². The number of nitrogens with one attached hydrogen (secondary N) is 1. The molecular formula is C24H22N4OS. The van der Waals surface area contributed by atoms with E-state index < -0.39 is 0 Å². The van der Waals surface area contributed by atoms with Gasteiger partial charge >= 0.3 is 6.03 Å². The van der Waals surface area contributed by atoms with Crippen LogP contribution >= 0.6 is 11.3 Å². The van der Waals surface area contributed by atoms with Crippen molar-refractivity contribution in [3.8, 4) is 10.4 Å². The summed E-state index contributed by atoms with van der Waals surface area (Å²) in [4.78, 5) is 24.4. The van der Waals surface area contributed by atoms with Gasteiger partial charge in [-0.05, 0) is 29.2 Å². The summed E-state index contributed by atoms with van der Waals surface area (Å²) in [5.41, 5.74) is 3.28. The van der Waals surface area contributed by atoms with Gasteiger partial charge in [-0.1, -0.05) is 78.1 Å². The summed E-state index contributed by atoms with van der Waals surface area (Å²) in [7, 11) is 0. The quantitative estimate of drug-likeness (QED) is 0.435. The summed E-state index contributed by atoms with van der Waals surface area (Å²) in [6, 6.07) is 23.9. The molecule has 30 heavy (non-hydrogen) atoms. The predicted molar refractivity (Wildman–Crippen MR) is 121 cm³/mol. The second-order valence-corrected chi connectivity index (χ2v) is 7.87. The third-order valence-corrected chi connectivity index (χ3v) is 5.64. The van der Waals surface area contributed by atoms with E-state index in [1.54, 1.807) is 23.5 Å². The van der Waals surface area contributed by atoms with Crippen LogP contribution in [0.5, 0.6) is 0 Å². The monoisotopic (exact) mass is 414 g/mol. The summed E-state index contributed by atoms with van der Waals surface area (Å²) >= 11 is 1.47. The molecule has 0 saturated carbocycles. The largest absolute Gasteiger partial charge is 0.323 e. The number of amides is 2. The van der Waals surface area contributed by atoms with Crippen LogP contribution in [0, 0.1) is 0 Å². The zero-order valence-electron chi connectivity index (χ0n) is 16.4. The highest BCUT2D eigenvalue weighted by Crippen LogP contribution is 2.28. The first-order chi connectivity index (χ1) is 14.8. The van der Waals surface area contributed by atoms with Gasteiger partial charge in [-0.15, -0.1) is 0 Å². The lowest BCUT2D eigenvalue weighted by Crippen LogP contribution is -2.36. The van der Waals surface area contributed by atoms with Gasteiger partial charge in [0.2, 0.25) is 0 Å². The maximum atomic E-state index is 13.0. The van der Waals surface area contributed by atoms with Crippen LogP contribution in [0.15, 0.2) is 91.4 Å².